The molecular weight excluding hydrogens is 396 g/mol. The number of amides is 1. The molecule has 1 N–H and O–H groups in total. The first-order valence-electron chi connectivity index (χ1n) is 10.2. The Labute approximate surface area is 179 Å². The van der Waals surface area contributed by atoms with Gasteiger partial charge in [0.05, 0.1) is 12.6 Å². The standard InChI is InChI=1S/C24H22N2O5/c1-15-8-9-26(12-16-6-7-20-21(10-16)31-14-30-20)24(28)22(15)23(27)25-18-11-17-4-2-3-5-19(17)29-13-18/h2-10,18H,11-14H2,1H3,(H,25,27). The van der Waals surface area contributed by atoms with E-state index in [-0.39, 0.29) is 29.9 Å². The van der Waals surface area contributed by atoms with Gasteiger partial charge in [0.25, 0.3) is 11.5 Å². The quantitative estimate of drug-likeness (QED) is 0.705. The second kappa shape index (κ2) is 7.83. The highest BCUT2D eigenvalue weighted by atomic mass is 16.7. The van der Waals surface area contributed by atoms with Gasteiger partial charge in [-0.3, -0.25) is 9.59 Å². The lowest BCUT2D eigenvalue weighted by Gasteiger charge is -2.26. The van der Waals surface area contributed by atoms with Gasteiger partial charge in [0.2, 0.25) is 6.79 Å². The number of benzene rings is 2. The molecule has 1 atom stereocenters. The monoisotopic (exact) mass is 418 g/mol. The molecule has 1 amide bonds. The third-order valence-corrected chi connectivity index (χ3v) is 5.60. The minimum Gasteiger partial charge on any atom is -0.491 e. The number of carbonyl (C=O) groups is 1. The number of nitrogens with zero attached hydrogens (tertiary/aromatic N) is 1. The van der Waals surface area contributed by atoms with Gasteiger partial charge in [-0.05, 0) is 54.3 Å². The Balaban J connectivity index is 1.36. The van der Waals surface area contributed by atoms with Crippen LogP contribution in [-0.2, 0) is 13.0 Å². The molecule has 158 valence electrons. The zero-order valence-electron chi connectivity index (χ0n) is 17.1. The first kappa shape index (κ1) is 19.2. The van der Waals surface area contributed by atoms with Gasteiger partial charge in [0, 0.05) is 6.20 Å². The molecule has 0 spiro atoms. The van der Waals surface area contributed by atoms with E-state index < -0.39 is 0 Å². The number of hydrogen-bond acceptors (Lipinski definition) is 5. The number of fused-ring (bicyclic) bond motifs is 2. The Morgan fingerprint density at radius 3 is 2.81 bits per heavy atom. The smallest absolute Gasteiger partial charge is 0.263 e. The summed E-state index contributed by atoms with van der Waals surface area (Å²) in [6, 6.07) is 14.9. The molecule has 0 saturated carbocycles. The molecule has 3 aromatic rings. The maximum atomic E-state index is 13.1. The van der Waals surface area contributed by atoms with Gasteiger partial charge in [-0.2, -0.15) is 0 Å². The van der Waals surface area contributed by atoms with Crippen LogP contribution in [0.4, 0.5) is 0 Å². The zero-order valence-corrected chi connectivity index (χ0v) is 17.1. The Hall–Kier alpha value is -3.74. The summed E-state index contributed by atoms with van der Waals surface area (Å²) in [7, 11) is 0. The maximum Gasteiger partial charge on any atom is 0.263 e. The Morgan fingerprint density at radius 1 is 1.06 bits per heavy atom. The van der Waals surface area contributed by atoms with E-state index in [9.17, 15) is 9.59 Å². The Bertz CT molecular complexity index is 1220. The average Bonchev–Trinajstić information content (AvgIpc) is 3.24. The van der Waals surface area contributed by atoms with Gasteiger partial charge in [-0.1, -0.05) is 24.3 Å². The molecule has 0 saturated heterocycles. The van der Waals surface area contributed by atoms with Gasteiger partial charge in [-0.25, -0.2) is 0 Å². The molecule has 0 bridgehead atoms. The van der Waals surface area contributed by atoms with Crippen molar-refractivity contribution < 1.29 is 19.0 Å². The van der Waals surface area contributed by atoms with Crippen LogP contribution in [0.1, 0.15) is 27.0 Å². The molecule has 5 rings (SSSR count). The van der Waals surface area contributed by atoms with Crippen LogP contribution in [0.15, 0.2) is 59.5 Å². The van der Waals surface area contributed by atoms with E-state index in [1.54, 1.807) is 19.2 Å². The summed E-state index contributed by atoms with van der Waals surface area (Å²) in [5.74, 6) is 1.81. The average molecular weight is 418 g/mol. The number of pyridine rings is 1. The third-order valence-electron chi connectivity index (χ3n) is 5.60. The summed E-state index contributed by atoms with van der Waals surface area (Å²) in [4.78, 5) is 26.1. The van der Waals surface area contributed by atoms with E-state index in [4.69, 9.17) is 14.2 Å². The van der Waals surface area contributed by atoms with Crippen molar-refractivity contribution in [2.75, 3.05) is 13.4 Å². The summed E-state index contributed by atoms with van der Waals surface area (Å²) in [6.07, 6.45) is 2.37. The lowest BCUT2D eigenvalue weighted by Crippen LogP contribution is -2.45. The summed E-state index contributed by atoms with van der Waals surface area (Å²) >= 11 is 0. The first-order valence-corrected chi connectivity index (χ1v) is 10.2. The molecule has 31 heavy (non-hydrogen) atoms. The number of rotatable bonds is 4. The van der Waals surface area contributed by atoms with Crippen molar-refractivity contribution in [2.24, 2.45) is 0 Å². The fourth-order valence-electron chi connectivity index (χ4n) is 3.98. The number of aryl methyl sites for hydroxylation is 1. The fourth-order valence-corrected chi connectivity index (χ4v) is 3.98. The maximum absolute atomic E-state index is 13.1. The number of nitrogens with one attached hydrogen (secondary N) is 1. The molecule has 2 aromatic carbocycles. The molecule has 0 radical (unpaired) electrons. The molecule has 3 heterocycles. The van der Waals surface area contributed by atoms with Crippen LogP contribution in [0.5, 0.6) is 17.2 Å². The van der Waals surface area contributed by atoms with Crippen molar-refractivity contribution in [1.82, 2.24) is 9.88 Å². The molecular formula is C24H22N2O5. The molecule has 0 aliphatic carbocycles. The van der Waals surface area contributed by atoms with Gasteiger partial charge in [0.15, 0.2) is 11.5 Å². The molecule has 0 fully saturated rings. The molecule has 2 aliphatic heterocycles. The molecule has 7 heteroatoms. The first-order chi connectivity index (χ1) is 15.1. The summed E-state index contributed by atoms with van der Waals surface area (Å²) in [5, 5.41) is 2.97. The Kier molecular flexibility index (Phi) is 4.86. The molecule has 2 aliphatic rings. The van der Waals surface area contributed by atoms with Crippen LogP contribution in [0.25, 0.3) is 0 Å². The number of aromatic nitrogens is 1. The summed E-state index contributed by atoms with van der Waals surface area (Å²) < 4.78 is 18.0. The third kappa shape index (κ3) is 3.74. The molecule has 7 nitrogen and oxygen atoms in total. The van der Waals surface area contributed by atoms with E-state index in [0.29, 0.717) is 36.6 Å². The number of carbonyl (C=O) groups excluding carboxylic acids is 1. The van der Waals surface area contributed by atoms with E-state index in [2.05, 4.69) is 5.32 Å². The largest absolute Gasteiger partial charge is 0.491 e. The Morgan fingerprint density at radius 2 is 1.90 bits per heavy atom. The van der Waals surface area contributed by atoms with Gasteiger partial charge >= 0.3 is 0 Å². The highest BCUT2D eigenvalue weighted by Gasteiger charge is 2.24. The minimum absolute atomic E-state index is 0.155. The second-order valence-electron chi connectivity index (χ2n) is 7.79. The highest BCUT2D eigenvalue weighted by molar-refractivity contribution is 5.95. The van der Waals surface area contributed by atoms with E-state index in [1.165, 1.54) is 4.57 Å². The van der Waals surface area contributed by atoms with Crippen molar-refractivity contribution in [3.05, 3.63) is 87.3 Å². The normalized spacial score (nSPS) is 16.4. The fraction of sp³-hybridized carbons (Fsp3) is 0.250. The molecule has 1 aromatic heterocycles. The van der Waals surface area contributed by atoms with Crippen LogP contribution in [0.2, 0.25) is 0 Å². The minimum atomic E-state index is -0.379. The predicted molar refractivity (Wildman–Crippen MR) is 114 cm³/mol. The zero-order chi connectivity index (χ0) is 21.4. The van der Waals surface area contributed by atoms with Gasteiger partial charge in [-0.15, -0.1) is 0 Å². The van der Waals surface area contributed by atoms with Crippen LogP contribution >= 0.6 is 0 Å². The van der Waals surface area contributed by atoms with Crippen molar-refractivity contribution in [3.63, 3.8) is 0 Å². The predicted octanol–water partition coefficient (Wildman–Crippen LogP) is 2.67. The second-order valence-corrected chi connectivity index (χ2v) is 7.79. The topological polar surface area (TPSA) is 78.8 Å². The van der Waals surface area contributed by atoms with E-state index in [0.717, 1.165) is 16.9 Å². The lowest BCUT2D eigenvalue weighted by atomic mass is 10.0. The molecule has 1 unspecified atom stereocenters. The van der Waals surface area contributed by atoms with Crippen LogP contribution < -0.4 is 25.1 Å². The number of para-hydroxylation sites is 1. The summed E-state index contributed by atoms with van der Waals surface area (Å²) in [6.45, 7) is 2.67. The highest BCUT2D eigenvalue weighted by Crippen LogP contribution is 2.32. The van der Waals surface area contributed by atoms with Gasteiger partial charge in [0.1, 0.15) is 17.9 Å². The van der Waals surface area contributed by atoms with Crippen molar-refractivity contribution in [1.29, 1.82) is 0 Å². The van der Waals surface area contributed by atoms with Crippen LogP contribution in [-0.4, -0.2) is 29.9 Å². The van der Waals surface area contributed by atoms with Gasteiger partial charge < -0.3 is 24.1 Å². The SMILES string of the molecule is Cc1ccn(Cc2ccc3c(c2)OCO3)c(=O)c1C(=O)NC1COc2ccccc2C1. The number of ether oxygens (including phenoxy) is 3. The lowest BCUT2D eigenvalue weighted by molar-refractivity contribution is 0.0912. The van der Waals surface area contributed by atoms with E-state index >= 15 is 0 Å². The van der Waals surface area contributed by atoms with Crippen LogP contribution in [0, 0.1) is 6.92 Å². The van der Waals surface area contributed by atoms with Crippen LogP contribution in [0.3, 0.4) is 0 Å². The van der Waals surface area contributed by atoms with Crippen molar-refractivity contribution >= 4 is 5.91 Å². The van der Waals surface area contributed by atoms with Crippen molar-refractivity contribution in [2.45, 2.75) is 25.9 Å². The summed E-state index contributed by atoms with van der Waals surface area (Å²) in [5.41, 5.74) is 2.40. The number of hydrogen-bond donors (Lipinski definition) is 1. The van der Waals surface area contributed by atoms with Crippen molar-refractivity contribution in [3.8, 4) is 17.2 Å². The van der Waals surface area contributed by atoms with E-state index in [1.807, 2.05) is 42.5 Å².